The highest BCUT2D eigenvalue weighted by molar-refractivity contribution is 9.10. The number of likely N-dealkylation sites (tertiary alicyclic amines) is 1. The molecule has 3 rings (SSSR count). The summed E-state index contributed by atoms with van der Waals surface area (Å²) in [5, 5.41) is 0. The zero-order chi connectivity index (χ0) is 17.3. The summed E-state index contributed by atoms with van der Waals surface area (Å²) in [4.78, 5) is 27.1. The lowest BCUT2D eigenvalue weighted by Crippen LogP contribution is -2.43. The predicted octanol–water partition coefficient (Wildman–Crippen LogP) is 3.48. The van der Waals surface area contributed by atoms with Crippen molar-refractivity contribution in [2.45, 2.75) is 38.9 Å². The number of halogens is 1. The van der Waals surface area contributed by atoms with E-state index in [9.17, 15) is 9.59 Å². The first-order chi connectivity index (χ1) is 11.4. The summed E-state index contributed by atoms with van der Waals surface area (Å²) in [6.07, 6.45) is 3.22. The third kappa shape index (κ3) is 3.48. The first kappa shape index (κ1) is 17.0. The van der Waals surface area contributed by atoms with Gasteiger partial charge in [-0.3, -0.25) is 0 Å². The van der Waals surface area contributed by atoms with Gasteiger partial charge < -0.3 is 14.4 Å². The molecule has 0 bridgehead atoms. The number of benzene rings is 1. The van der Waals surface area contributed by atoms with Crippen LogP contribution in [0, 0.1) is 0 Å². The van der Waals surface area contributed by atoms with Crippen molar-refractivity contribution in [2.24, 2.45) is 0 Å². The van der Waals surface area contributed by atoms with Crippen molar-refractivity contribution < 1.29 is 19.1 Å². The summed E-state index contributed by atoms with van der Waals surface area (Å²) in [5.74, 6) is -2.48. The number of ether oxygens (including phenoxy) is 2. The summed E-state index contributed by atoms with van der Waals surface area (Å²) in [5.41, 5.74) is 1.40. The second kappa shape index (κ2) is 6.59. The molecular weight excluding hydrogens is 374 g/mol. The Bertz CT molecular complexity index is 665. The maximum Gasteiger partial charge on any atom is 0.351 e. The standard InChI is InChI=1S/C18H20BrNO4/c1-18(2)23-16(21)14(17(22)24-18)15(20-10-4-3-5-11-20)12-6-8-13(19)9-7-12/h6-9H,3-5,10-11H2,1-2H3. The molecule has 2 aliphatic heterocycles. The van der Waals surface area contributed by atoms with E-state index in [1.54, 1.807) is 13.8 Å². The van der Waals surface area contributed by atoms with Gasteiger partial charge in [-0.25, -0.2) is 9.59 Å². The van der Waals surface area contributed by atoms with Crippen LogP contribution in [0.25, 0.3) is 5.70 Å². The van der Waals surface area contributed by atoms with Crippen LogP contribution in [-0.4, -0.2) is 35.7 Å². The second-order valence-electron chi connectivity index (χ2n) is 6.46. The van der Waals surface area contributed by atoms with Crippen LogP contribution in [0.3, 0.4) is 0 Å². The molecule has 0 aromatic heterocycles. The Morgan fingerprint density at radius 2 is 1.54 bits per heavy atom. The maximum absolute atomic E-state index is 12.5. The lowest BCUT2D eigenvalue weighted by molar-refractivity contribution is -0.222. The van der Waals surface area contributed by atoms with E-state index < -0.39 is 17.7 Å². The van der Waals surface area contributed by atoms with Crippen LogP contribution in [0.2, 0.25) is 0 Å². The molecule has 2 aliphatic rings. The zero-order valence-electron chi connectivity index (χ0n) is 13.8. The smallest absolute Gasteiger partial charge is 0.351 e. The fourth-order valence-corrected chi connectivity index (χ4v) is 3.32. The Hall–Kier alpha value is -1.82. The predicted molar refractivity (Wildman–Crippen MR) is 92.7 cm³/mol. The van der Waals surface area contributed by atoms with E-state index in [1.807, 2.05) is 24.3 Å². The molecular formula is C18H20BrNO4. The van der Waals surface area contributed by atoms with Gasteiger partial charge >= 0.3 is 11.9 Å². The third-order valence-electron chi connectivity index (χ3n) is 4.11. The molecule has 0 amide bonds. The van der Waals surface area contributed by atoms with Gasteiger partial charge in [0.2, 0.25) is 0 Å². The van der Waals surface area contributed by atoms with Crippen molar-refractivity contribution in [1.29, 1.82) is 0 Å². The summed E-state index contributed by atoms with van der Waals surface area (Å²) in [6.45, 7) is 4.72. The number of nitrogens with zero attached hydrogens (tertiary/aromatic N) is 1. The monoisotopic (exact) mass is 393 g/mol. The number of hydrogen-bond acceptors (Lipinski definition) is 5. The Morgan fingerprint density at radius 1 is 1.00 bits per heavy atom. The molecule has 0 aliphatic carbocycles. The Morgan fingerprint density at radius 3 is 2.08 bits per heavy atom. The largest absolute Gasteiger partial charge is 0.419 e. The second-order valence-corrected chi connectivity index (χ2v) is 7.37. The van der Waals surface area contributed by atoms with Crippen molar-refractivity contribution >= 4 is 33.6 Å². The molecule has 0 N–H and O–H groups in total. The topological polar surface area (TPSA) is 55.8 Å². The molecule has 0 spiro atoms. The molecule has 2 fully saturated rings. The molecule has 0 radical (unpaired) electrons. The van der Waals surface area contributed by atoms with Crippen molar-refractivity contribution in [2.75, 3.05) is 13.1 Å². The summed E-state index contributed by atoms with van der Waals surface area (Å²) in [7, 11) is 0. The van der Waals surface area contributed by atoms with Crippen LogP contribution < -0.4 is 0 Å². The highest BCUT2D eigenvalue weighted by atomic mass is 79.9. The van der Waals surface area contributed by atoms with E-state index in [-0.39, 0.29) is 5.57 Å². The van der Waals surface area contributed by atoms with E-state index in [4.69, 9.17) is 9.47 Å². The molecule has 1 aromatic rings. The average molecular weight is 394 g/mol. The van der Waals surface area contributed by atoms with E-state index in [0.717, 1.165) is 42.4 Å². The first-order valence-electron chi connectivity index (χ1n) is 8.09. The average Bonchev–Trinajstić information content (AvgIpc) is 2.52. The lowest BCUT2D eigenvalue weighted by atomic mass is 10.0. The lowest BCUT2D eigenvalue weighted by Gasteiger charge is -2.35. The molecule has 1 aromatic carbocycles. The minimum atomic E-state index is -1.23. The Kier molecular flexibility index (Phi) is 4.67. The highest BCUT2D eigenvalue weighted by Gasteiger charge is 2.42. The van der Waals surface area contributed by atoms with Gasteiger partial charge in [0, 0.05) is 31.4 Å². The van der Waals surface area contributed by atoms with Crippen molar-refractivity contribution in [3.8, 4) is 0 Å². The van der Waals surface area contributed by atoms with Crippen LogP contribution >= 0.6 is 15.9 Å². The normalized spacial score (nSPS) is 20.5. The minimum absolute atomic E-state index is 0.0152. The van der Waals surface area contributed by atoms with Crippen LogP contribution in [0.15, 0.2) is 34.3 Å². The molecule has 5 nitrogen and oxygen atoms in total. The molecule has 128 valence electrons. The number of cyclic esters (lactones) is 2. The Balaban J connectivity index is 2.10. The number of carbonyl (C=O) groups is 2. The van der Waals surface area contributed by atoms with Gasteiger partial charge in [-0.1, -0.05) is 28.1 Å². The van der Waals surface area contributed by atoms with Crippen molar-refractivity contribution in [1.82, 2.24) is 4.90 Å². The Labute approximate surface area is 149 Å². The van der Waals surface area contributed by atoms with Crippen LogP contribution in [0.4, 0.5) is 0 Å². The molecule has 0 unspecified atom stereocenters. The van der Waals surface area contributed by atoms with Gasteiger partial charge in [-0.15, -0.1) is 0 Å². The number of rotatable bonds is 2. The number of carbonyl (C=O) groups excluding carboxylic acids is 2. The number of esters is 2. The maximum atomic E-state index is 12.5. The molecule has 2 heterocycles. The highest BCUT2D eigenvalue weighted by Crippen LogP contribution is 2.33. The van der Waals surface area contributed by atoms with E-state index >= 15 is 0 Å². The quantitative estimate of drug-likeness (QED) is 0.437. The van der Waals surface area contributed by atoms with Gasteiger partial charge in [-0.05, 0) is 37.0 Å². The van der Waals surface area contributed by atoms with Crippen molar-refractivity contribution in [3.63, 3.8) is 0 Å². The van der Waals surface area contributed by atoms with Gasteiger partial charge in [0.25, 0.3) is 5.79 Å². The van der Waals surface area contributed by atoms with Crippen LogP contribution in [0.5, 0.6) is 0 Å². The van der Waals surface area contributed by atoms with Crippen molar-refractivity contribution in [3.05, 3.63) is 39.9 Å². The molecule has 6 heteroatoms. The molecule has 24 heavy (non-hydrogen) atoms. The first-order valence-corrected chi connectivity index (χ1v) is 8.88. The van der Waals surface area contributed by atoms with E-state index in [2.05, 4.69) is 20.8 Å². The van der Waals surface area contributed by atoms with Gasteiger partial charge in [0.05, 0.1) is 5.70 Å². The minimum Gasteiger partial charge on any atom is -0.419 e. The summed E-state index contributed by atoms with van der Waals surface area (Å²) < 4.78 is 11.5. The fraction of sp³-hybridized carbons (Fsp3) is 0.444. The van der Waals surface area contributed by atoms with Gasteiger partial charge in [0.15, 0.2) is 5.57 Å². The van der Waals surface area contributed by atoms with E-state index in [0.29, 0.717) is 5.70 Å². The zero-order valence-corrected chi connectivity index (χ0v) is 15.4. The van der Waals surface area contributed by atoms with Gasteiger partial charge in [-0.2, -0.15) is 0 Å². The summed E-state index contributed by atoms with van der Waals surface area (Å²) >= 11 is 3.41. The van der Waals surface area contributed by atoms with Crippen LogP contribution in [-0.2, 0) is 19.1 Å². The van der Waals surface area contributed by atoms with Gasteiger partial charge in [0.1, 0.15) is 0 Å². The SMILES string of the molecule is CC1(C)OC(=O)C(=C(c2ccc(Br)cc2)N2CCCCC2)C(=O)O1. The third-order valence-corrected chi connectivity index (χ3v) is 4.64. The molecule has 2 saturated heterocycles. The summed E-state index contributed by atoms with van der Waals surface area (Å²) in [6, 6.07) is 7.56. The molecule has 0 atom stereocenters. The van der Waals surface area contributed by atoms with E-state index in [1.165, 1.54) is 0 Å². The molecule has 0 saturated carbocycles. The fourth-order valence-electron chi connectivity index (χ4n) is 3.06. The number of piperidine rings is 1. The van der Waals surface area contributed by atoms with Crippen LogP contribution in [0.1, 0.15) is 38.7 Å². The number of hydrogen-bond donors (Lipinski definition) is 0.